The second-order valence-corrected chi connectivity index (χ2v) is 5.27. The van der Waals surface area contributed by atoms with Gasteiger partial charge in [0.2, 0.25) is 0 Å². The number of carbonyl (C=O) groups is 2. The minimum absolute atomic E-state index is 0.0210. The average Bonchev–Trinajstić information content (AvgIpc) is 3.02. The molecule has 2 heterocycles. The van der Waals surface area contributed by atoms with Crippen LogP contribution in [-0.2, 0) is 4.79 Å². The minimum atomic E-state index is -0.836. The van der Waals surface area contributed by atoms with Crippen LogP contribution in [0.1, 0.15) is 17.3 Å². The highest BCUT2D eigenvalue weighted by atomic mass is 16.4. The molecule has 1 amide bonds. The number of nitrogens with zero attached hydrogens (tertiary/aromatic N) is 2. The maximum absolute atomic E-state index is 12.4. The molecule has 1 aliphatic heterocycles. The van der Waals surface area contributed by atoms with Crippen LogP contribution in [0.3, 0.4) is 0 Å². The largest absolute Gasteiger partial charge is 0.481 e. The van der Waals surface area contributed by atoms with Crippen LogP contribution in [0.2, 0.25) is 0 Å². The molecule has 2 atom stereocenters. The number of carbonyl (C=O) groups excluding carboxylic acids is 1. The summed E-state index contributed by atoms with van der Waals surface area (Å²) in [5.41, 5.74) is 2.16. The van der Waals surface area contributed by atoms with E-state index in [9.17, 15) is 9.59 Å². The average molecular weight is 273 g/mol. The topological polar surface area (TPSA) is 86.3 Å². The van der Waals surface area contributed by atoms with E-state index in [1.54, 1.807) is 29.4 Å². The van der Waals surface area contributed by atoms with Crippen LogP contribution in [0, 0.1) is 11.8 Å². The third-order valence-corrected chi connectivity index (χ3v) is 3.88. The number of rotatable bonds is 2. The molecule has 6 nitrogen and oxygen atoms in total. The van der Waals surface area contributed by atoms with Crippen molar-refractivity contribution in [2.24, 2.45) is 11.8 Å². The van der Waals surface area contributed by atoms with Crippen LogP contribution in [-0.4, -0.2) is 44.9 Å². The van der Waals surface area contributed by atoms with E-state index in [-0.39, 0.29) is 18.4 Å². The first-order valence-electron chi connectivity index (χ1n) is 6.51. The number of likely N-dealkylation sites (tertiary alicyclic amines) is 1. The van der Waals surface area contributed by atoms with Gasteiger partial charge in [-0.15, -0.1) is 0 Å². The van der Waals surface area contributed by atoms with E-state index in [1.165, 1.54) is 0 Å². The molecule has 1 aliphatic rings. The Labute approximate surface area is 115 Å². The third kappa shape index (κ3) is 2.03. The lowest BCUT2D eigenvalue weighted by atomic mass is 9.99. The first kappa shape index (κ1) is 12.7. The molecular formula is C14H15N3O3. The van der Waals surface area contributed by atoms with E-state index in [0.29, 0.717) is 12.1 Å². The molecular weight excluding hydrogens is 258 g/mol. The second-order valence-electron chi connectivity index (χ2n) is 5.27. The molecule has 0 saturated carbocycles. The summed E-state index contributed by atoms with van der Waals surface area (Å²) in [7, 11) is 0. The molecule has 0 spiro atoms. The van der Waals surface area contributed by atoms with E-state index in [0.717, 1.165) is 11.0 Å². The van der Waals surface area contributed by atoms with Crippen molar-refractivity contribution in [2.45, 2.75) is 6.92 Å². The first-order valence-corrected chi connectivity index (χ1v) is 6.51. The monoisotopic (exact) mass is 273 g/mol. The first-order chi connectivity index (χ1) is 9.56. The Morgan fingerprint density at radius 1 is 1.40 bits per heavy atom. The van der Waals surface area contributed by atoms with Crippen molar-refractivity contribution in [1.29, 1.82) is 0 Å². The lowest BCUT2D eigenvalue weighted by Crippen LogP contribution is -2.29. The van der Waals surface area contributed by atoms with Gasteiger partial charge in [0.05, 0.1) is 23.3 Å². The fourth-order valence-corrected chi connectivity index (χ4v) is 2.71. The summed E-state index contributed by atoms with van der Waals surface area (Å²) in [4.78, 5) is 32.2. The second kappa shape index (κ2) is 4.63. The highest BCUT2D eigenvalue weighted by Crippen LogP contribution is 2.25. The number of carboxylic acids is 1. The molecule has 1 fully saturated rings. The predicted octanol–water partition coefficient (Wildman–Crippen LogP) is 1.36. The van der Waals surface area contributed by atoms with Crippen molar-refractivity contribution in [3.63, 3.8) is 0 Å². The van der Waals surface area contributed by atoms with Gasteiger partial charge >= 0.3 is 5.97 Å². The molecule has 104 valence electrons. The summed E-state index contributed by atoms with van der Waals surface area (Å²) in [6.07, 6.45) is 1.58. The summed E-state index contributed by atoms with van der Waals surface area (Å²) in [5.74, 6) is -1.46. The van der Waals surface area contributed by atoms with Crippen molar-refractivity contribution in [1.82, 2.24) is 14.9 Å². The molecule has 20 heavy (non-hydrogen) atoms. The van der Waals surface area contributed by atoms with Gasteiger partial charge in [0.1, 0.15) is 0 Å². The van der Waals surface area contributed by atoms with Crippen molar-refractivity contribution in [2.75, 3.05) is 13.1 Å². The lowest BCUT2D eigenvalue weighted by Gasteiger charge is -2.15. The highest BCUT2D eigenvalue weighted by molar-refractivity contribution is 5.97. The Hall–Kier alpha value is -2.37. The number of aromatic nitrogens is 2. The Morgan fingerprint density at radius 2 is 2.20 bits per heavy atom. The van der Waals surface area contributed by atoms with Crippen molar-refractivity contribution < 1.29 is 14.7 Å². The maximum atomic E-state index is 12.4. The Morgan fingerprint density at radius 3 is 2.90 bits per heavy atom. The Balaban J connectivity index is 1.84. The number of aliphatic carboxylic acids is 1. The molecule has 2 aromatic rings. The summed E-state index contributed by atoms with van der Waals surface area (Å²) >= 11 is 0. The van der Waals surface area contributed by atoms with Gasteiger partial charge in [-0.1, -0.05) is 6.92 Å². The zero-order chi connectivity index (χ0) is 14.3. The van der Waals surface area contributed by atoms with Crippen molar-refractivity contribution in [3.8, 4) is 0 Å². The zero-order valence-corrected chi connectivity index (χ0v) is 11.0. The fraction of sp³-hybridized carbons (Fsp3) is 0.357. The zero-order valence-electron chi connectivity index (χ0n) is 11.0. The van der Waals surface area contributed by atoms with Gasteiger partial charge in [0, 0.05) is 18.7 Å². The van der Waals surface area contributed by atoms with E-state index >= 15 is 0 Å². The van der Waals surface area contributed by atoms with Crippen LogP contribution in [0.4, 0.5) is 0 Å². The number of benzene rings is 1. The molecule has 0 aliphatic carbocycles. The Kier molecular flexibility index (Phi) is 2.93. The predicted molar refractivity (Wildman–Crippen MR) is 72.3 cm³/mol. The number of hydrogen-bond donors (Lipinski definition) is 2. The number of aromatic amines is 1. The molecule has 1 saturated heterocycles. The molecule has 0 bridgehead atoms. The quantitative estimate of drug-likeness (QED) is 0.865. The van der Waals surface area contributed by atoms with Crippen LogP contribution in [0.25, 0.3) is 11.0 Å². The van der Waals surface area contributed by atoms with Gasteiger partial charge in [-0.3, -0.25) is 9.59 Å². The molecule has 0 radical (unpaired) electrons. The van der Waals surface area contributed by atoms with Crippen molar-refractivity contribution in [3.05, 3.63) is 30.1 Å². The highest BCUT2D eigenvalue weighted by Gasteiger charge is 2.37. The lowest BCUT2D eigenvalue weighted by molar-refractivity contribution is -0.142. The standard InChI is InChI=1S/C14H15N3O3/c1-8-5-17(6-10(8)14(19)20)13(18)9-2-3-11-12(4-9)16-7-15-11/h2-4,7-8,10H,5-6H2,1H3,(H,15,16)(H,19,20). The van der Waals surface area contributed by atoms with E-state index in [1.807, 2.05) is 6.92 Å². The minimum Gasteiger partial charge on any atom is -0.481 e. The summed E-state index contributed by atoms with van der Waals surface area (Å²) in [5, 5.41) is 9.12. The molecule has 2 N–H and O–H groups in total. The third-order valence-electron chi connectivity index (χ3n) is 3.88. The number of H-pyrrole nitrogens is 1. The number of hydrogen-bond acceptors (Lipinski definition) is 3. The summed E-state index contributed by atoms with van der Waals surface area (Å²) in [6.45, 7) is 2.62. The van der Waals surface area contributed by atoms with Gasteiger partial charge in [-0.05, 0) is 24.1 Å². The van der Waals surface area contributed by atoms with Crippen LogP contribution >= 0.6 is 0 Å². The number of carboxylic acid groups (broad SMARTS) is 1. The molecule has 1 aromatic carbocycles. The van der Waals surface area contributed by atoms with Gasteiger partial charge in [0.15, 0.2) is 0 Å². The van der Waals surface area contributed by atoms with Crippen molar-refractivity contribution >= 4 is 22.9 Å². The van der Waals surface area contributed by atoms with E-state index < -0.39 is 11.9 Å². The molecule has 3 rings (SSSR count). The number of fused-ring (bicyclic) bond motifs is 1. The molecule has 1 aromatic heterocycles. The summed E-state index contributed by atoms with van der Waals surface area (Å²) in [6, 6.07) is 5.26. The smallest absolute Gasteiger partial charge is 0.308 e. The number of imidazole rings is 1. The maximum Gasteiger partial charge on any atom is 0.308 e. The summed E-state index contributed by atoms with van der Waals surface area (Å²) < 4.78 is 0. The van der Waals surface area contributed by atoms with Crippen LogP contribution in [0.5, 0.6) is 0 Å². The van der Waals surface area contributed by atoms with Gasteiger partial charge in [0.25, 0.3) is 5.91 Å². The van der Waals surface area contributed by atoms with E-state index in [2.05, 4.69) is 9.97 Å². The van der Waals surface area contributed by atoms with Crippen LogP contribution < -0.4 is 0 Å². The van der Waals surface area contributed by atoms with E-state index in [4.69, 9.17) is 5.11 Å². The fourth-order valence-electron chi connectivity index (χ4n) is 2.71. The van der Waals surface area contributed by atoms with Gasteiger partial charge in [-0.25, -0.2) is 4.98 Å². The molecule has 2 unspecified atom stereocenters. The SMILES string of the molecule is CC1CN(C(=O)c2ccc3nc[nH]c3c2)CC1C(=O)O. The van der Waals surface area contributed by atoms with Crippen LogP contribution in [0.15, 0.2) is 24.5 Å². The Bertz CT molecular complexity index is 679. The molecule has 6 heteroatoms. The van der Waals surface area contributed by atoms with Gasteiger partial charge < -0.3 is 15.0 Å². The number of nitrogens with one attached hydrogen (secondary N) is 1. The van der Waals surface area contributed by atoms with Gasteiger partial charge in [-0.2, -0.15) is 0 Å². The number of amides is 1. The normalized spacial score (nSPS) is 22.4.